The number of carbonyl (C=O) groups is 2. The number of nitrogens with zero attached hydrogens (tertiary/aromatic N) is 1. The van der Waals surface area contributed by atoms with Crippen LogP contribution < -0.4 is 14.8 Å². The first-order valence-electron chi connectivity index (χ1n) is 8.06. The Balaban J connectivity index is 2.28. The fourth-order valence-corrected chi connectivity index (χ4v) is 2.82. The van der Waals surface area contributed by atoms with Gasteiger partial charge in [0.15, 0.2) is 18.1 Å². The van der Waals surface area contributed by atoms with Gasteiger partial charge >= 0.3 is 5.97 Å². The maximum Gasteiger partial charge on any atom is 0.341 e. The van der Waals surface area contributed by atoms with Crippen molar-refractivity contribution in [3.8, 4) is 17.6 Å². The van der Waals surface area contributed by atoms with Gasteiger partial charge in [0.05, 0.1) is 11.6 Å². The highest BCUT2D eigenvalue weighted by Gasteiger charge is 2.15. The zero-order valence-corrected chi connectivity index (χ0v) is 16.7. The minimum Gasteiger partial charge on any atom is -0.493 e. The molecule has 0 heterocycles. The summed E-state index contributed by atoms with van der Waals surface area (Å²) >= 11 is 3.29. The highest BCUT2D eigenvalue weighted by atomic mass is 79.9. The van der Waals surface area contributed by atoms with E-state index in [0.717, 1.165) is 5.56 Å². The van der Waals surface area contributed by atoms with Crippen LogP contribution in [0.1, 0.15) is 11.1 Å². The van der Waals surface area contributed by atoms with E-state index in [-0.39, 0.29) is 17.1 Å². The number of nitriles is 1. The van der Waals surface area contributed by atoms with Gasteiger partial charge < -0.3 is 19.9 Å². The van der Waals surface area contributed by atoms with E-state index < -0.39 is 18.5 Å². The van der Waals surface area contributed by atoms with E-state index in [1.807, 2.05) is 25.1 Å². The number of aliphatic carboxylic acids is 1. The van der Waals surface area contributed by atoms with Crippen molar-refractivity contribution in [2.75, 3.05) is 19.0 Å². The number of hydrogen-bond donors (Lipinski definition) is 2. The molecule has 28 heavy (non-hydrogen) atoms. The largest absolute Gasteiger partial charge is 0.493 e. The number of rotatable bonds is 7. The number of hydrogen-bond acceptors (Lipinski definition) is 5. The lowest BCUT2D eigenvalue weighted by Crippen LogP contribution is -2.13. The molecule has 2 aromatic rings. The second-order valence-electron chi connectivity index (χ2n) is 5.71. The molecule has 0 saturated carbocycles. The molecule has 2 aromatic carbocycles. The zero-order valence-electron chi connectivity index (χ0n) is 15.2. The van der Waals surface area contributed by atoms with Gasteiger partial charge in [0.25, 0.3) is 5.91 Å². The third-order valence-corrected chi connectivity index (χ3v) is 4.17. The zero-order chi connectivity index (χ0) is 20.7. The molecule has 0 aliphatic rings. The monoisotopic (exact) mass is 444 g/mol. The summed E-state index contributed by atoms with van der Waals surface area (Å²) in [6.07, 6.45) is 1.40. The molecule has 2 N–H and O–H groups in total. The van der Waals surface area contributed by atoms with Crippen molar-refractivity contribution in [3.63, 3.8) is 0 Å². The molecule has 0 aliphatic carbocycles. The Morgan fingerprint density at radius 3 is 2.54 bits per heavy atom. The molecular formula is C20H17BrN2O5. The Kier molecular flexibility index (Phi) is 7.18. The molecular weight excluding hydrogens is 428 g/mol. The Bertz CT molecular complexity index is 962. The SMILES string of the molecule is COc1cc(/C=C(/C#N)C(=O)Nc2ccc(C)cc2)cc(Br)c1OCC(=O)O. The highest BCUT2D eigenvalue weighted by Crippen LogP contribution is 2.37. The van der Waals surface area contributed by atoms with E-state index in [1.54, 1.807) is 24.3 Å². The molecule has 0 radical (unpaired) electrons. The Hall–Kier alpha value is -3.31. The number of ether oxygens (including phenoxy) is 2. The molecule has 0 aromatic heterocycles. The Morgan fingerprint density at radius 2 is 1.96 bits per heavy atom. The van der Waals surface area contributed by atoms with Crippen LogP contribution in [0.3, 0.4) is 0 Å². The highest BCUT2D eigenvalue weighted by molar-refractivity contribution is 9.10. The topological polar surface area (TPSA) is 109 Å². The van der Waals surface area contributed by atoms with Crippen LogP contribution in [0, 0.1) is 18.3 Å². The predicted molar refractivity (Wildman–Crippen MR) is 107 cm³/mol. The van der Waals surface area contributed by atoms with Gasteiger partial charge in [0.2, 0.25) is 0 Å². The summed E-state index contributed by atoms with van der Waals surface area (Å²) in [4.78, 5) is 23.1. The van der Waals surface area contributed by atoms with Crippen molar-refractivity contribution < 1.29 is 24.2 Å². The van der Waals surface area contributed by atoms with E-state index in [4.69, 9.17) is 14.6 Å². The van der Waals surface area contributed by atoms with Crippen molar-refractivity contribution in [2.45, 2.75) is 6.92 Å². The van der Waals surface area contributed by atoms with Gasteiger partial charge in [-0.05, 0) is 58.8 Å². The van der Waals surface area contributed by atoms with Crippen LogP contribution in [0.25, 0.3) is 6.08 Å². The molecule has 0 bridgehead atoms. The van der Waals surface area contributed by atoms with Gasteiger partial charge in [-0.2, -0.15) is 5.26 Å². The number of carboxylic acid groups (broad SMARTS) is 1. The number of nitrogens with one attached hydrogen (secondary N) is 1. The van der Waals surface area contributed by atoms with E-state index in [0.29, 0.717) is 15.7 Å². The quantitative estimate of drug-likeness (QED) is 0.496. The van der Waals surface area contributed by atoms with Gasteiger partial charge in [-0.1, -0.05) is 17.7 Å². The van der Waals surface area contributed by atoms with Crippen LogP contribution in [0.15, 0.2) is 46.4 Å². The number of methoxy groups -OCH3 is 1. The number of amides is 1. The molecule has 7 nitrogen and oxygen atoms in total. The Morgan fingerprint density at radius 1 is 1.29 bits per heavy atom. The first-order chi connectivity index (χ1) is 13.3. The third-order valence-electron chi connectivity index (χ3n) is 3.58. The first kappa shape index (κ1) is 21.0. The maximum atomic E-state index is 12.4. The van der Waals surface area contributed by atoms with Gasteiger partial charge in [-0.3, -0.25) is 4.79 Å². The van der Waals surface area contributed by atoms with Crippen molar-refractivity contribution in [1.29, 1.82) is 5.26 Å². The summed E-state index contributed by atoms with van der Waals surface area (Å²) in [5.74, 6) is -1.20. The molecule has 2 rings (SSSR count). The normalized spacial score (nSPS) is 10.7. The number of halogens is 1. The minimum atomic E-state index is -1.13. The van der Waals surface area contributed by atoms with Crippen LogP contribution in [-0.4, -0.2) is 30.7 Å². The van der Waals surface area contributed by atoms with Crippen molar-refractivity contribution in [3.05, 3.63) is 57.6 Å². The van der Waals surface area contributed by atoms with Gasteiger partial charge in [-0.15, -0.1) is 0 Å². The summed E-state index contributed by atoms with van der Waals surface area (Å²) in [6, 6.07) is 12.2. The lowest BCUT2D eigenvalue weighted by Gasteiger charge is -2.12. The second kappa shape index (κ2) is 9.58. The van der Waals surface area contributed by atoms with E-state index in [1.165, 1.54) is 13.2 Å². The molecule has 0 aliphatic heterocycles. The number of carboxylic acids is 1. The predicted octanol–water partition coefficient (Wildman–Crippen LogP) is 3.78. The van der Waals surface area contributed by atoms with Crippen molar-refractivity contribution >= 4 is 39.6 Å². The average Bonchev–Trinajstić information content (AvgIpc) is 2.66. The molecule has 0 fully saturated rings. The number of carbonyl (C=O) groups excluding carboxylic acids is 1. The number of aryl methyl sites for hydroxylation is 1. The Labute approximate surface area is 170 Å². The standard InChI is InChI=1S/C20H17BrN2O5/c1-12-3-5-15(6-4-12)23-20(26)14(10-22)7-13-8-16(21)19(17(9-13)27-2)28-11-18(24)25/h3-9H,11H2,1-2H3,(H,23,26)(H,24,25)/b14-7-. The summed E-state index contributed by atoms with van der Waals surface area (Å²) in [5.41, 5.74) is 2.03. The van der Waals surface area contributed by atoms with Crippen LogP contribution >= 0.6 is 15.9 Å². The molecule has 1 amide bonds. The fraction of sp³-hybridized carbons (Fsp3) is 0.150. The van der Waals surface area contributed by atoms with Gasteiger partial charge in [0.1, 0.15) is 11.6 Å². The van der Waals surface area contributed by atoms with Gasteiger partial charge in [-0.25, -0.2) is 4.79 Å². The summed E-state index contributed by atoms with van der Waals surface area (Å²) in [7, 11) is 1.40. The average molecular weight is 445 g/mol. The third kappa shape index (κ3) is 5.59. The molecule has 8 heteroatoms. The molecule has 0 saturated heterocycles. The van der Waals surface area contributed by atoms with E-state index >= 15 is 0 Å². The first-order valence-corrected chi connectivity index (χ1v) is 8.85. The van der Waals surface area contributed by atoms with E-state index in [2.05, 4.69) is 21.2 Å². The molecule has 0 atom stereocenters. The molecule has 0 spiro atoms. The molecule has 144 valence electrons. The van der Waals surface area contributed by atoms with Crippen LogP contribution in [0.4, 0.5) is 5.69 Å². The number of anilines is 1. The van der Waals surface area contributed by atoms with Crippen molar-refractivity contribution in [1.82, 2.24) is 0 Å². The lowest BCUT2D eigenvalue weighted by molar-refractivity contribution is -0.139. The van der Waals surface area contributed by atoms with Crippen LogP contribution in [0.5, 0.6) is 11.5 Å². The van der Waals surface area contributed by atoms with Crippen molar-refractivity contribution in [2.24, 2.45) is 0 Å². The lowest BCUT2D eigenvalue weighted by atomic mass is 10.1. The summed E-state index contributed by atoms with van der Waals surface area (Å²) in [5, 5.41) is 20.8. The summed E-state index contributed by atoms with van der Waals surface area (Å²) in [6.45, 7) is 1.40. The maximum absolute atomic E-state index is 12.4. The second-order valence-corrected chi connectivity index (χ2v) is 6.56. The smallest absolute Gasteiger partial charge is 0.341 e. The minimum absolute atomic E-state index is 0.103. The summed E-state index contributed by atoms with van der Waals surface area (Å²) < 4.78 is 10.9. The van der Waals surface area contributed by atoms with E-state index in [9.17, 15) is 14.9 Å². The fourth-order valence-electron chi connectivity index (χ4n) is 2.25. The number of benzene rings is 2. The molecule has 0 unspecified atom stereocenters. The van der Waals surface area contributed by atoms with Gasteiger partial charge in [0, 0.05) is 5.69 Å². The van der Waals surface area contributed by atoms with Crippen LogP contribution in [0.2, 0.25) is 0 Å². The van der Waals surface area contributed by atoms with Crippen LogP contribution in [-0.2, 0) is 9.59 Å².